The van der Waals surface area contributed by atoms with Crippen LogP contribution in [0.25, 0.3) is 0 Å². The summed E-state index contributed by atoms with van der Waals surface area (Å²) >= 11 is 3.30. The van der Waals surface area contributed by atoms with Crippen LogP contribution >= 0.6 is 15.9 Å². The Bertz CT molecular complexity index is 579. The molecule has 0 unspecified atom stereocenters. The Morgan fingerprint density at radius 1 is 1.40 bits per heavy atom. The van der Waals surface area contributed by atoms with Crippen LogP contribution in [0.4, 0.5) is 16.2 Å². The van der Waals surface area contributed by atoms with Crippen molar-refractivity contribution in [2.45, 2.75) is 40.2 Å². The Labute approximate surface area is 125 Å². The molecule has 0 aromatic heterocycles. The van der Waals surface area contributed by atoms with E-state index in [1.807, 2.05) is 0 Å². The smallest absolute Gasteiger partial charge is 0.412 e. The largest absolute Gasteiger partial charge is 0.465 e. The molecule has 0 radical (unpaired) electrons. The summed E-state index contributed by atoms with van der Waals surface area (Å²) < 4.78 is 0.432. The summed E-state index contributed by atoms with van der Waals surface area (Å²) in [5.41, 5.74) is 0.545. The second kappa shape index (κ2) is 5.40. The van der Waals surface area contributed by atoms with E-state index in [4.69, 9.17) is 0 Å². The van der Waals surface area contributed by atoms with Crippen molar-refractivity contribution in [1.29, 1.82) is 0 Å². The molecule has 20 heavy (non-hydrogen) atoms. The van der Waals surface area contributed by atoms with E-state index < -0.39 is 16.6 Å². The molecule has 0 aliphatic rings. The number of anilines is 1. The topological polar surface area (TPSA) is 83.7 Å². The Morgan fingerprint density at radius 3 is 2.25 bits per heavy atom. The van der Waals surface area contributed by atoms with Gasteiger partial charge in [0.25, 0.3) is 5.69 Å². The Balaban J connectivity index is 3.77. The summed E-state index contributed by atoms with van der Waals surface area (Å²) in [5.74, 6) is 0. The fourth-order valence-corrected chi connectivity index (χ4v) is 2.61. The molecule has 0 bridgehead atoms. The molecular formula is C13H17BrN2O4. The van der Waals surface area contributed by atoms with Crippen LogP contribution in [0.5, 0.6) is 0 Å². The van der Waals surface area contributed by atoms with Crippen molar-refractivity contribution in [2.75, 3.05) is 4.90 Å². The fourth-order valence-electron chi connectivity index (χ4n) is 1.91. The van der Waals surface area contributed by atoms with E-state index in [0.29, 0.717) is 4.47 Å². The first-order valence-electron chi connectivity index (χ1n) is 5.95. The molecule has 0 saturated heterocycles. The van der Waals surface area contributed by atoms with Gasteiger partial charge < -0.3 is 5.11 Å². The Hall–Kier alpha value is -1.63. The molecule has 7 heteroatoms. The van der Waals surface area contributed by atoms with E-state index >= 15 is 0 Å². The van der Waals surface area contributed by atoms with Gasteiger partial charge in [-0.1, -0.05) is 0 Å². The first-order valence-corrected chi connectivity index (χ1v) is 6.75. The average molecular weight is 345 g/mol. The van der Waals surface area contributed by atoms with Crippen LogP contribution in [0, 0.1) is 24.0 Å². The van der Waals surface area contributed by atoms with Gasteiger partial charge in [-0.15, -0.1) is 0 Å². The van der Waals surface area contributed by atoms with E-state index in [1.54, 1.807) is 34.6 Å². The summed E-state index contributed by atoms with van der Waals surface area (Å²) in [5, 5.41) is 20.7. The highest BCUT2D eigenvalue weighted by Crippen LogP contribution is 2.42. The van der Waals surface area contributed by atoms with Crippen LogP contribution in [0.3, 0.4) is 0 Å². The maximum atomic E-state index is 11.6. The van der Waals surface area contributed by atoms with Crippen molar-refractivity contribution in [1.82, 2.24) is 0 Å². The maximum Gasteiger partial charge on any atom is 0.412 e. The van der Waals surface area contributed by atoms with Gasteiger partial charge in [-0.3, -0.25) is 15.0 Å². The molecule has 1 amide bonds. The lowest BCUT2D eigenvalue weighted by Crippen LogP contribution is -2.45. The van der Waals surface area contributed by atoms with E-state index in [2.05, 4.69) is 15.9 Å². The van der Waals surface area contributed by atoms with Crippen molar-refractivity contribution >= 4 is 33.4 Å². The molecule has 1 rings (SSSR count). The molecule has 1 aromatic carbocycles. The van der Waals surface area contributed by atoms with Crippen LogP contribution in [-0.4, -0.2) is 21.7 Å². The maximum absolute atomic E-state index is 11.6. The summed E-state index contributed by atoms with van der Waals surface area (Å²) in [6, 6.07) is 1.40. The van der Waals surface area contributed by atoms with Gasteiger partial charge in [-0.05, 0) is 61.7 Å². The highest BCUT2D eigenvalue weighted by Gasteiger charge is 2.35. The molecule has 0 saturated carbocycles. The normalized spacial score (nSPS) is 11.3. The molecule has 1 N–H and O–H groups in total. The molecule has 0 fully saturated rings. The molecule has 0 spiro atoms. The number of amides is 1. The second-order valence-corrected chi connectivity index (χ2v) is 6.34. The highest BCUT2D eigenvalue weighted by molar-refractivity contribution is 9.10. The van der Waals surface area contributed by atoms with Crippen molar-refractivity contribution in [3.8, 4) is 0 Å². The number of carboxylic acid groups (broad SMARTS) is 1. The van der Waals surface area contributed by atoms with E-state index in [9.17, 15) is 20.0 Å². The predicted octanol–water partition coefficient (Wildman–Crippen LogP) is 4.26. The van der Waals surface area contributed by atoms with Crippen LogP contribution in [0.15, 0.2) is 10.5 Å². The number of hydrogen-bond donors (Lipinski definition) is 1. The molecule has 1 aromatic rings. The lowest BCUT2D eigenvalue weighted by atomic mass is 10.0. The third-order valence-corrected chi connectivity index (χ3v) is 3.98. The lowest BCUT2D eigenvalue weighted by Gasteiger charge is -2.33. The minimum absolute atomic E-state index is 0.0677. The lowest BCUT2D eigenvalue weighted by molar-refractivity contribution is -0.384. The molecule has 0 aliphatic heterocycles. The average Bonchev–Trinajstić information content (AvgIpc) is 2.26. The molecular weight excluding hydrogens is 328 g/mol. The number of benzene rings is 1. The van der Waals surface area contributed by atoms with Gasteiger partial charge in [0.15, 0.2) is 0 Å². The summed E-state index contributed by atoms with van der Waals surface area (Å²) in [4.78, 5) is 23.3. The number of carbonyl (C=O) groups is 1. The molecule has 0 atom stereocenters. The van der Waals surface area contributed by atoms with Crippen LogP contribution in [0.2, 0.25) is 0 Å². The Kier molecular flexibility index (Phi) is 4.43. The number of nitrogens with zero attached hydrogens (tertiary/aromatic N) is 2. The first kappa shape index (κ1) is 16.4. The number of nitro benzene ring substituents is 1. The van der Waals surface area contributed by atoms with Crippen molar-refractivity contribution in [2.24, 2.45) is 0 Å². The molecule has 0 heterocycles. The quantitative estimate of drug-likeness (QED) is 0.641. The van der Waals surface area contributed by atoms with E-state index in [1.165, 1.54) is 6.07 Å². The zero-order chi connectivity index (χ0) is 15.8. The van der Waals surface area contributed by atoms with Gasteiger partial charge in [0, 0.05) is 11.6 Å². The monoisotopic (exact) mass is 344 g/mol. The van der Waals surface area contributed by atoms with Crippen LogP contribution in [-0.2, 0) is 0 Å². The van der Waals surface area contributed by atoms with Crippen LogP contribution < -0.4 is 4.90 Å². The number of halogens is 1. The Morgan fingerprint density at radius 2 is 1.90 bits per heavy atom. The van der Waals surface area contributed by atoms with Crippen molar-refractivity contribution in [3.05, 3.63) is 31.8 Å². The predicted molar refractivity (Wildman–Crippen MR) is 80.5 cm³/mol. The van der Waals surface area contributed by atoms with Crippen molar-refractivity contribution < 1.29 is 14.8 Å². The third-order valence-electron chi connectivity index (χ3n) is 3.01. The van der Waals surface area contributed by atoms with E-state index in [-0.39, 0.29) is 11.4 Å². The minimum Gasteiger partial charge on any atom is -0.465 e. The van der Waals surface area contributed by atoms with Gasteiger partial charge in [0.05, 0.1) is 9.40 Å². The third kappa shape index (κ3) is 2.92. The summed E-state index contributed by atoms with van der Waals surface area (Å²) in [6.45, 7) is 8.60. The number of hydrogen-bond acceptors (Lipinski definition) is 3. The zero-order valence-electron chi connectivity index (χ0n) is 12.0. The number of rotatable bonds is 2. The van der Waals surface area contributed by atoms with Gasteiger partial charge in [-0.25, -0.2) is 4.79 Å². The SMILES string of the molecule is Cc1cc([N+](=O)[O-])c(N(C(=O)O)C(C)(C)C)c(Br)c1C. The van der Waals surface area contributed by atoms with Gasteiger partial charge in [0.2, 0.25) is 0 Å². The number of nitro groups is 1. The minimum atomic E-state index is -1.23. The van der Waals surface area contributed by atoms with Crippen LogP contribution in [0.1, 0.15) is 31.9 Å². The first-order chi connectivity index (χ1) is 8.98. The van der Waals surface area contributed by atoms with Gasteiger partial charge >= 0.3 is 6.09 Å². The number of aryl methyl sites for hydroxylation is 1. The standard InChI is InChI=1S/C13H17BrN2O4/c1-7-6-9(16(19)20)11(10(14)8(7)2)15(12(17)18)13(3,4)5/h6H,1-5H3,(H,17,18). The van der Waals surface area contributed by atoms with Crippen molar-refractivity contribution in [3.63, 3.8) is 0 Å². The highest BCUT2D eigenvalue weighted by atomic mass is 79.9. The summed E-state index contributed by atoms with van der Waals surface area (Å²) in [6.07, 6.45) is -1.23. The molecule has 6 nitrogen and oxygen atoms in total. The zero-order valence-corrected chi connectivity index (χ0v) is 13.6. The van der Waals surface area contributed by atoms with E-state index in [0.717, 1.165) is 16.0 Å². The second-order valence-electron chi connectivity index (χ2n) is 5.55. The summed E-state index contributed by atoms with van der Waals surface area (Å²) in [7, 11) is 0. The van der Waals surface area contributed by atoms with Gasteiger partial charge in [-0.2, -0.15) is 0 Å². The molecule has 110 valence electrons. The molecule has 0 aliphatic carbocycles. The van der Waals surface area contributed by atoms with Gasteiger partial charge in [0.1, 0.15) is 5.69 Å². The fraction of sp³-hybridized carbons (Fsp3) is 0.462.